The summed E-state index contributed by atoms with van der Waals surface area (Å²) in [6.07, 6.45) is 4.53. The van der Waals surface area contributed by atoms with E-state index in [-0.39, 0.29) is 11.8 Å². The van der Waals surface area contributed by atoms with Gasteiger partial charge in [-0.15, -0.1) is 0 Å². The average Bonchev–Trinajstić information content (AvgIpc) is 2.75. The lowest BCUT2D eigenvalue weighted by Crippen LogP contribution is -2.36. The van der Waals surface area contributed by atoms with Crippen molar-refractivity contribution >= 4 is 16.6 Å². The molecular weight excluding hydrogens is 234 g/mol. The van der Waals surface area contributed by atoms with Gasteiger partial charge in [0.05, 0.1) is 6.04 Å². The van der Waals surface area contributed by atoms with Crippen molar-refractivity contribution in [2.45, 2.75) is 31.7 Å². The zero-order chi connectivity index (χ0) is 13.1. The molecule has 1 fully saturated rings. The van der Waals surface area contributed by atoms with E-state index in [1.165, 1.54) is 18.2 Å². The van der Waals surface area contributed by atoms with Gasteiger partial charge in [-0.3, -0.25) is 4.79 Å². The Labute approximate surface area is 113 Å². The Morgan fingerprint density at radius 2 is 1.84 bits per heavy atom. The van der Waals surface area contributed by atoms with Crippen LogP contribution in [0, 0.1) is 0 Å². The largest absolute Gasteiger partial charge is 0.307 e. The van der Waals surface area contributed by atoms with Gasteiger partial charge in [-0.1, -0.05) is 49.2 Å². The predicted molar refractivity (Wildman–Crippen MR) is 78.5 cm³/mol. The zero-order valence-electron chi connectivity index (χ0n) is 11.1. The molecule has 0 aliphatic carbocycles. The molecule has 0 radical (unpaired) electrons. The average molecular weight is 253 g/mol. The van der Waals surface area contributed by atoms with Crippen LogP contribution >= 0.6 is 0 Å². The minimum atomic E-state index is 0.00339. The molecule has 0 saturated carbocycles. The van der Waals surface area contributed by atoms with Gasteiger partial charge in [-0.2, -0.15) is 0 Å². The lowest BCUT2D eigenvalue weighted by molar-refractivity contribution is 0.0941. The number of carbonyl (C=O) groups is 1. The molecule has 0 spiro atoms. The minimum Gasteiger partial charge on any atom is -0.307 e. The number of carbonyl (C=O) groups excluding carboxylic acids is 1. The van der Waals surface area contributed by atoms with Crippen molar-refractivity contribution in [2.75, 3.05) is 6.54 Å². The fourth-order valence-corrected chi connectivity index (χ4v) is 2.80. The van der Waals surface area contributed by atoms with Crippen LogP contribution in [0.1, 0.15) is 36.0 Å². The van der Waals surface area contributed by atoms with Crippen molar-refractivity contribution < 1.29 is 4.79 Å². The Bertz CT molecular complexity index is 583. The van der Waals surface area contributed by atoms with E-state index in [4.69, 9.17) is 0 Å². The maximum absolute atomic E-state index is 12.5. The predicted octanol–water partition coefficient (Wildman–Crippen LogP) is 3.55. The molecule has 0 aromatic heterocycles. The van der Waals surface area contributed by atoms with Crippen LogP contribution in [-0.2, 0) is 0 Å². The second-order valence-corrected chi connectivity index (χ2v) is 5.28. The number of ketones is 1. The number of fused-ring (bicyclic) bond motifs is 1. The highest BCUT2D eigenvalue weighted by molar-refractivity contribution is 6.03. The highest BCUT2D eigenvalue weighted by Crippen LogP contribution is 2.19. The number of rotatable bonds is 2. The van der Waals surface area contributed by atoms with Crippen LogP contribution in [0.3, 0.4) is 0 Å². The van der Waals surface area contributed by atoms with E-state index in [1.807, 2.05) is 30.3 Å². The Balaban J connectivity index is 1.88. The second-order valence-electron chi connectivity index (χ2n) is 5.28. The Kier molecular flexibility index (Phi) is 3.60. The third-order valence-corrected chi connectivity index (χ3v) is 3.91. The van der Waals surface area contributed by atoms with Crippen LogP contribution in [0.25, 0.3) is 10.8 Å². The molecular formula is C17H19NO. The Morgan fingerprint density at radius 1 is 1.00 bits per heavy atom. The van der Waals surface area contributed by atoms with Gasteiger partial charge < -0.3 is 5.32 Å². The summed E-state index contributed by atoms with van der Waals surface area (Å²) in [6.45, 7) is 0.962. The first-order valence-electron chi connectivity index (χ1n) is 7.11. The summed E-state index contributed by atoms with van der Waals surface area (Å²) in [4.78, 5) is 12.5. The molecule has 1 atom stereocenters. The van der Waals surface area contributed by atoms with Gasteiger partial charge in [-0.05, 0) is 36.2 Å². The van der Waals surface area contributed by atoms with Crippen LogP contribution in [0.15, 0.2) is 42.5 Å². The van der Waals surface area contributed by atoms with Gasteiger partial charge >= 0.3 is 0 Å². The summed E-state index contributed by atoms with van der Waals surface area (Å²) in [6, 6.07) is 14.2. The van der Waals surface area contributed by atoms with E-state index < -0.39 is 0 Å². The number of hydrogen-bond acceptors (Lipinski definition) is 2. The van der Waals surface area contributed by atoms with Gasteiger partial charge in [-0.25, -0.2) is 0 Å². The summed E-state index contributed by atoms with van der Waals surface area (Å²) >= 11 is 0. The molecule has 1 N–H and O–H groups in total. The third kappa shape index (κ3) is 2.69. The molecule has 2 nitrogen and oxygen atoms in total. The van der Waals surface area contributed by atoms with Crippen LogP contribution in [0.5, 0.6) is 0 Å². The normalized spacial score (nSPS) is 20.1. The fourth-order valence-electron chi connectivity index (χ4n) is 2.80. The lowest BCUT2D eigenvalue weighted by Gasteiger charge is -2.14. The number of nitrogens with one attached hydrogen (secondary N) is 1. The van der Waals surface area contributed by atoms with Crippen molar-refractivity contribution in [2.24, 2.45) is 0 Å². The second kappa shape index (κ2) is 5.54. The molecule has 19 heavy (non-hydrogen) atoms. The smallest absolute Gasteiger partial charge is 0.179 e. The van der Waals surface area contributed by atoms with Gasteiger partial charge in [0.2, 0.25) is 0 Å². The van der Waals surface area contributed by atoms with Gasteiger partial charge in [0.1, 0.15) is 0 Å². The molecule has 0 amide bonds. The molecule has 2 aromatic carbocycles. The number of Topliss-reactive ketones (excluding diaryl/α,β-unsaturated/α-hetero) is 1. The summed E-state index contributed by atoms with van der Waals surface area (Å²) in [5, 5.41) is 5.71. The van der Waals surface area contributed by atoms with E-state index in [9.17, 15) is 4.79 Å². The van der Waals surface area contributed by atoms with Gasteiger partial charge in [0, 0.05) is 5.56 Å². The molecule has 98 valence electrons. The van der Waals surface area contributed by atoms with E-state index in [0.717, 1.165) is 30.3 Å². The lowest BCUT2D eigenvalue weighted by atomic mass is 9.98. The van der Waals surface area contributed by atoms with Crippen molar-refractivity contribution in [3.8, 4) is 0 Å². The first-order chi connectivity index (χ1) is 9.34. The molecule has 1 saturated heterocycles. The Hall–Kier alpha value is -1.67. The first-order valence-corrected chi connectivity index (χ1v) is 7.11. The summed E-state index contributed by atoms with van der Waals surface area (Å²) in [7, 11) is 0. The third-order valence-electron chi connectivity index (χ3n) is 3.91. The minimum absolute atomic E-state index is 0.00339. The summed E-state index contributed by atoms with van der Waals surface area (Å²) in [5.74, 6) is 0.243. The fraction of sp³-hybridized carbons (Fsp3) is 0.353. The molecule has 1 heterocycles. The van der Waals surface area contributed by atoms with Gasteiger partial charge in [0.15, 0.2) is 5.78 Å². The molecule has 1 aliphatic rings. The van der Waals surface area contributed by atoms with E-state index in [1.54, 1.807) is 0 Å². The van der Waals surface area contributed by atoms with Crippen LogP contribution < -0.4 is 5.32 Å². The van der Waals surface area contributed by atoms with E-state index in [2.05, 4.69) is 17.4 Å². The maximum Gasteiger partial charge on any atom is 0.179 e. The number of hydrogen-bond donors (Lipinski definition) is 1. The molecule has 1 aliphatic heterocycles. The van der Waals surface area contributed by atoms with E-state index in [0.29, 0.717) is 0 Å². The van der Waals surface area contributed by atoms with Crippen LogP contribution in [0.4, 0.5) is 0 Å². The maximum atomic E-state index is 12.5. The van der Waals surface area contributed by atoms with Crippen molar-refractivity contribution in [3.05, 3.63) is 48.0 Å². The van der Waals surface area contributed by atoms with Crippen molar-refractivity contribution in [1.82, 2.24) is 5.32 Å². The quantitative estimate of drug-likeness (QED) is 0.829. The highest BCUT2D eigenvalue weighted by atomic mass is 16.1. The van der Waals surface area contributed by atoms with Crippen LogP contribution in [-0.4, -0.2) is 18.4 Å². The molecule has 3 rings (SSSR count). The highest BCUT2D eigenvalue weighted by Gasteiger charge is 2.20. The van der Waals surface area contributed by atoms with Gasteiger partial charge in [0.25, 0.3) is 0 Å². The SMILES string of the molecule is O=C(c1ccc2ccccc2c1)C1CCCCCN1. The topological polar surface area (TPSA) is 29.1 Å². The number of benzene rings is 2. The summed E-state index contributed by atoms with van der Waals surface area (Å²) < 4.78 is 0. The van der Waals surface area contributed by atoms with Crippen LogP contribution in [0.2, 0.25) is 0 Å². The molecule has 2 heteroatoms. The van der Waals surface area contributed by atoms with Crippen molar-refractivity contribution in [3.63, 3.8) is 0 Å². The molecule has 1 unspecified atom stereocenters. The van der Waals surface area contributed by atoms with E-state index >= 15 is 0 Å². The molecule has 0 bridgehead atoms. The molecule has 2 aromatic rings. The zero-order valence-corrected chi connectivity index (χ0v) is 11.1. The standard InChI is InChI=1S/C17H19NO/c19-17(16-8-2-1-5-11-18-16)15-10-9-13-6-3-4-7-14(13)12-15/h3-4,6-7,9-10,12,16,18H,1-2,5,8,11H2. The van der Waals surface area contributed by atoms with Crippen molar-refractivity contribution in [1.29, 1.82) is 0 Å². The Morgan fingerprint density at radius 3 is 2.74 bits per heavy atom. The first kappa shape index (κ1) is 12.4. The monoisotopic (exact) mass is 253 g/mol. The summed E-state index contributed by atoms with van der Waals surface area (Å²) in [5.41, 5.74) is 0.832.